The zero-order valence-corrected chi connectivity index (χ0v) is 10.6. The molecule has 1 aliphatic rings. The lowest BCUT2D eigenvalue weighted by atomic mass is 10.1. The smallest absolute Gasteiger partial charge is 0.0234 e. The van der Waals surface area contributed by atoms with Gasteiger partial charge in [-0.25, -0.2) is 0 Å². The number of piperazine rings is 1. The topological polar surface area (TPSA) is 15.3 Å². The lowest BCUT2D eigenvalue weighted by Gasteiger charge is -2.31. The van der Waals surface area contributed by atoms with Crippen LogP contribution in [0.25, 0.3) is 0 Å². The van der Waals surface area contributed by atoms with Crippen molar-refractivity contribution in [1.82, 2.24) is 10.2 Å². The van der Waals surface area contributed by atoms with Gasteiger partial charge in [-0.3, -0.25) is 4.90 Å². The molecule has 0 aromatic heterocycles. The van der Waals surface area contributed by atoms with Gasteiger partial charge in [-0.1, -0.05) is 28.1 Å². The first kappa shape index (κ1) is 11.1. The summed E-state index contributed by atoms with van der Waals surface area (Å²) in [5.41, 5.74) is 1.40. The molecule has 1 aromatic carbocycles. The van der Waals surface area contributed by atoms with E-state index in [1.54, 1.807) is 0 Å². The zero-order valence-electron chi connectivity index (χ0n) is 9.04. The fraction of sp³-hybridized carbons (Fsp3) is 0.500. The summed E-state index contributed by atoms with van der Waals surface area (Å²) in [5, 5.41) is 3.46. The molecule has 3 heteroatoms. The van der Waals surface area contributed by atoms with Gasteiger partial charge in [0.1, 0.15) is 0 Å². The van der Waals surface area contributed by atoms with Crippen molar-refractivity contribution in [3.05, 3.63) is 34.3 Å². The summed E-state index contributed by atoms with van der Waals surface area (Å²) in [6.07, 6.45) is 0. The Morgan fingerprint density at radius 2 is 2.13 bits per heavy atom. The Labute approximate surface area is 99.8 Å². The molecule has 0 aliphatic carbocycles. The average molecular weight is 269 g/mol. The summed E-state index contributed by atoms with van der Waals surface area (Å²) in [5.74, 6) is 0. The van der Waals surface area contributed by atoms with Crippen LogP contribution >= 0.6 is 15.9 Å². The van der Waals surface area contributed by atoms with Gasteiger partial charge in [-0.2, -0.15) is 0 Å². The molecule has 2 rings (SSSR count). The maximum atomic E-state index is 3.46. The van der Waals surface area contributed by atoms with Gasteiger partial charge in [0.15, 0.2) is 0 Å². The fourth-order valence-electron chi connectivity index (χ4n) is 2.00. The third kappa shape index (κ3) is 3.30. The molecule has 0 radical (unpaired) electrons. The van der Waals surface area contributed by atoms with Crippen LogP contribution in [0.5, 0.6) is 0 Å². The van der Waals surface area contributed by atoms with Gasteiger partial charge in [-0.15, -0.1) is 0 Å². The summed E-state index contributed by atoms with van der Waals surface area (Å²) in [6.45, 7) is 6.72. The van der Waals surface area contributed by atoms with Crippen molar-refractivity contribution < 1.29 is 0 Å². The van der Waals surface area contributed by atoms with E-state index in [9.17, 15) is 0 Å². The van der Waals surface area contributed by atoms with E-state index in [1.165, 1.54) is 5.56 Å². The summed E-state index contributed by atoms with van der Waals surface area (Å²) in [4.78, 5) is 2.50. The van der Waals surface area contributed by atoms with Crippen LogP contribution < -0.4 is 5.32 Å². The van der Waals surface area contributed by atoms with Gasteiger partial charge in [0.2, 0.25) is 0 Å². The third-order valence-corrected chi connectivity index (χ3v) is 3.30. The van der Waals surface area contributed by atoms with Crippen LogP contribution in [0.15, 0.2) is 28.7 Å². The largest absolute Gasteiger partial charge is 0.312 e. The van der Waals surface area contributed by atoms with Crippen molar-refractivity contribution in [3.8, 4) is 0 Å². The van der Waals surface area contributed by atoms with Crippen molar-refractivity contribution in [2.75, 3.05) is 19.6 Å². The Kier molecular flexibility index (Phi) is 3.78. The minimum Gasteiger partial charge on any atom is -0.312 e. The van der Waals surface area contributed by atoms with E-state index in [2.05, 4.69) is 57.3 Å². The molecule has 2 nitrogen and oxygen atoms in total. The van der Waals surface area contributed by atoms with Crippen LogP contribution in [0.1, 0.15) is 12.5 Å². The minimum atomic E-state index is 0.620. The summed E-state index contributed by atoms with van der Waals surface area (Å²) < 4.78 is 1.15. The van der Waals surface area contributed by atoms with Crippen molar-refractivity contribution >= 4 is 15.9 Å². The molecule has 1 aliphatic heterocycles. The Bertz CT molecular complexity index is 310. The van der Waals surface area contributed by atoms with Crippen molar-refractivity contribution in [2.24, 2.45) is 0 Å². The van der Waals surface area contributed by atoms with E-state index in [0.717, 1.165) is 30.7 Å². The number of hydrogen-bond donors (Lipinski definition) is 1. The number of nitrogens with one attached hydrogen (secondary N) is 1. The van der Waals surface area contributed by atoms with Crippen molar-refractivity contribution in [1.29, 1.82) is 0 Å². The van der Waals surface area contributed by atoms with Gasteiger partial charge < -0.3 is 5.32 Å². The Morgan fingerprint density at radius 3 is 2.80 bits per heavy atom. The molecular formula is C12H17BrN2. The van der Waals surface area contributed by atoms with Crippen LogP contribution in [0.3, 0.4) is 0 Å². The van der Waals surface area contributed by atoms with Gasteiger partial charge in [0, 0.05) is 36.7 Å². The normalized spacial score (nSPS) is 22.9. The quantitative estimate of drug-likeness (QED) is 0.885. The second kappa shape index (κ2) is 5.10. The molecule has 0 saturated carbocycles. The highest BCUT2D eigenvalue weighted by atomic mass is 79.9. The molecule has 1 aromatic rings. The van der Waals surface area contributed by atoms with Gasteiger partial charge in [0.05, 0.1) is 0 Å². The first-order valence-electron chi connectivity index (χ1n) is 5.44. The van der Waals surface area contributed by atoms with Crippen LogP contribution in [0.2, 0.25) is 0 Å². The molecule has 1 unspecified atom stereocenters. The molecule has 0 bridgehead atoms. The molecule has 1 saturated heterocycles. The number of nitrogens with zero attached hydrogens (tertiary/aromatic N) is 1. The Balaban J connectivity index is 1.93. The maximum Gasteiger partial charge on any atom is 0.0234 e. The van der Waals surface area contributed by atoms with Gasteiger partial charge in [-0.05, 0) is 24.6 Å². The highest BCUT2D eigenvalue weighted by Crippen LogP contribution is 2.13. The van der Waals surface area contributed by atoms with Gasteiger partial charge in [0.25, 0.3) is 0 Å². The predicted octanol–water partition coefficient (Wildman–Crippen LogP) is 2.24. The summed E-state index contributed by atoms with van der Waals surface area (Å²) >= 11 is 3.46. The second-order valence-corrected chi connectivity index (χ2v) is 5.13. The van der Waals surface area contributed by atoms with Crippen LogP contribution in [-0.4, -0.2) is 30.6 Å². The second-order valence-electron chi connectivity index (χ2n) is 4.22. The van der Waals surface area contributed by atoms with E-state index in [-0.39, 0.29) is 0 Å². The van der Waals surface area contributed by atoms with Crippen molar-refractivity contribution in [2.45, 2.75) is 19.5 Å². The minimum absolute atomic E-state index is 0.620. The standard InChI is InChI=1S/C12H17BrN2/c1-10-8-15(7-6-14-10)9-11-2-4-12(13)5-3-11/h2-5,10,14H,6-9H2,1H3. The molecule has 0 amide bonds. The molecule has 1 heterocycles. The first-order valence-corrected chi connectivity index (χ1v) is 6.23. The van der Waals surface area contributed by atoms with Crippen LogP contribution in [0.4, 0.5) is 0 Å². The Hall–Kier alpha value is -0.380. The molecular weight excluding hydrogens is 252 g/mol. The number of benzene rings is 1. The van der Waals surface area contributed by atoms with Crippen LogP contribution in [-0.2, 0) is 6.54 Å². The van der Waals surface area contributed by atoms with E-state index in [4.69, 9.17) is 0 Å². The monoisotopic (exact) mass is 268 g/mol. The average Bonchev–Trinajstić information content (AvgIpc) is 2.22. The SMILES string of the molecule is CC1CN(Cc2ccc(Br)cc2)CCN1. The number of halogens is 1. The molecule has 1 N–H and O–H groups in total. The highest BCUT2D eigenvalue weighted by Gasteiger charge is 2.15. The van der Waals surface area contributed by atoms with E-state index in [1.807, 2.05) is 0 Å². The molecule has 0 spiro atoms. The lowest BCUT2D eigenvalue weighted by Crippen LogP contribution is -2.48. The van der Waals surface area contributed by atoms with E-state index < -0.39 is 0 Å². The third-order valence-electron chi connectivity index (χ3n) is 2.77. The van der Waals surface area contributed by atoms with Gasteiger partial charge >= 0.3 is 0 Å². The predicted molar refractivity (Wildman–Crippen MR) is 66.9 cm³/mol. The van der Waals surface area contributed by atoms with E-state index >= 15 is 0 Å². The molecule has 82 valence electrons. The number of hydrogen-bond acceptors (Lipinski definition) is 2. The number of rotatable bonds is 2. The first-order chi connectivity index (χ1) is 7.24. The lowest BCUT2D eigenvalue weighted by molar-refractivity contribution is 0.199. The Morgan fingerprint density at radius 1 is 1.40 bits per heavy atom. The van der Waals surface area contributed by atoms with Crippen LogP contribution in [0, 0.1) is 0 Å². The summed E-state index contributed by atoms with van der Waals surface area (Å²) in [7, 11) is 0. The highest BCUT2D eigenvalue weighted by molar-refractivity contribution is 9.10. The fourth-order valence-corrected chi connectivity index (χ4v) is 2.27. The van der Waals surface area contributed by atoms with Crippen molar-refractivity contribution in [3.63, 3.8) is 0 Å². The summed E-state index contributed by atoms with van der Waals surface area (Å²) in [6, 6.07) is 9.23. The molecule has 15 heavy (non-hydrogen) atoms. The molecule has 1 fully saturated rings. The zero-order chi connectivity index (χ0) is 10.7. The molecule has 1 atom stereocenters. The maximum absolute atomic E-state index is 3.46. The van der Waals surface area contributed by atoms with E-state index in [0.29, 0.717) is 6.04 Å².